The van der Waals surface area contributed by atoms with Gasteiger partial charge in [-0.05, 0) is 55.8 Å². The molecule has 0 unspecified atom stereocenters. The first kappa shape index (κ1) is 24.3. The van der Waals surface area contributed by atoms with E-state index in [0.717, 1.165) is 44.1 Å². The standard InChI is InChI=1S/C25H37N7O2/c1-3-20(26-2)24(33)27-22(19-13-8-5-9-14-19)25(34)31-16-10-15-21(31)23-28-30-32(29-23)17-18-11-6-4-7-12-18/h4,6-7,11-12,19-22,26H,3,5,8-10,13-17H2,1-2H3,(H,27,33)/t20-,21-,22-/m0/s1. The van der Waals surface area contributed by atoms with Gasteiger partial charge in [-0.1, -0.05) is 56.5 Å². The molecule has 2 fully saturated rings. The van der Waals surface area contributed by atoms with Crippen LogP contribution < -0.4 is 10.6 Å². The molecule has 2 N–H and O–H groups in total. The van der Waals surface area contributed by atoms with Crippen molar-refractivity contribution >= 4 is 11.8 Å². The van der Waals surface area contributed by atoms with Crippen LogP contribution >= 0.6 is 0 Å². The molecule has 9 nitrogen and oxygen atoms in total. The number of nitrogens with one attached hydrogen (secondary N) is 2. The highest BCUT2D eigenvalue weighted by molar-refractivity contribution is 5.90. The Labute approximate surface area is 201 Å². The van der Waals surface area contributed by atoms with Crippen LogP contribution in [0.5, 0.6) is 0 Å². The topological polar surface area (TPSA) is 105 Å². The number of carbonyl (C=O) groups excluding carboxylic acids is 2. The number of nitrogens with zero attached hydrogens (tertiary/aromatic N) is 5. The molecule has 4 rings (SSSR count). The second kappa shape index (κ2) is 11.6. The van der Waals surface area contributed by atoms with Gasteiger partial charge in [0.05, 0.1) is 18.6 Å². The number of tetrazole rings is 1. The number of benzene rings is 1. The third-order valence-corrected chi connectivity index (χ3v) is 7.23. The van der Waals surface area contributed by atoms with Crippen LogP contribution in [0.2, 0.25) is 0 Å². The van der Waals surface area contributed by atoms with Crippen LogP contribution in [0.25, 0.3) is 0 Å². The molecule has 1 saturated heterocycles. The summed E-state index contributed by atoms with van der Waals surface area (Å²) in [6.45, 7) is 3.16. The molecule has 1 aromatic carbocycles. The number of hydrogen-bond acceptors (Lipinski definition) is 6. The van der Waals surface area contributed by atoms with Crippen LogP contribution in [-0.2, 0) is 16.1 Å². The van der Waals surface area contributed by atoms with Crippen molar-refractivity contribution in [3.8, 4) is 0 Å². The van der Waals surface area contributed by atoms with Gasteiger partial charge in [0.25, 0.3) is 0 Å². The van der Waals surface area contributed by atoms with Crippen LogP contribution in [0.15, 0.2) is 30.3 Å². The molecule has 1 aliphatic heterocycles. The summed E-state index contributed by atoms with van der Waals surface area (Å²) < 4.78 is 0. The lowest BCUT2D eigenvalue weighted by atomic mass is 9.83. The van der Waals surface area contributed by atoms with Crippen LogP contribution in [-0.4, -0.2) is 62.6 Å². The van der Waals surface area contributed by atoms with Crippen molar-refractivity contribution in [2.24, 2.45) is 5.92 Å². The molecular weight excluding hydrogens is 430 g/mol. The number of hydrogen-bond donors (Lipinski definition) is 2. The first-order valence-electron chi connectivity index (χ1n) is 12.7. The summed E-state index contributed by atoms with van der Waals surface area (Å²) in [4.78, 5) is 30.3. The molecule has 1 aromatic heterocycles. The predicted molar refractivity (Wildman–Crippen MR) is 129 cm³/mol. The second-order valence-corrected chi connectivity index (χ2v) is 9.49. The maximum Gasteiger partial charge on any atom is 0.246 e. The average Bonchev–Trinajstić information content (AvgIpc) is 3.54. The first-order valence-corrected chi connectivity index (χ1v) is 12.7. The molecule has 9 heteroatoms. The molecule has 2 heterocycles. The van der Waals surface area contributed by atoms with E-state index in [-0.39, 0.29) is 29.8 Å². The molecule has 0 spiro atoms. The fourth-order valence-corrected chi connectivity index (χ4v) is 5.30. The van der Waals surface area contributed by atoms with Crippen molar-refractivity contribution in [2.45, 2.75) is 83.0 Å². The zero-order valence-electron chi connectivity index (χ0n) is 20.3. The van der Waals surface area contributed by atoms with Gasteiger partial charge in [0, 0.05) is 6.54 Å². The van der Waals surface area contributed by atoms with E-state index in [9.17, 15) is 9.59 Å². The maximum atomic E-state index is 13.9. The predicted octanol–water partition coefficient (Wildman–Crippen LogP) is 2.45. The van der Waals surface area contributed by atoms with E-state index in [1.165, 1.54) is 6.42 Å². The lowest BCUT2D eigenvalue weighted by Crippen LogP contribution is -2.56. The molecule has 2 aromatic rings. The SMILES string of the molecule is CC[C@H](NC)C(=O)N[C@H](C(=O)N1CCC[C@H]1c1nnn(Cc2ccccc2)n1)C1CCCCC1. The van der Waals surface area contributed by atoms with Crippen molar-refractivity contribution in [2.75, 3.05) is 13.6 Å². The molecule has 1 saturated carbocycles. The Hall–Kier alpha value is -2.81. The summed E-state index contributed by atoms with van der Waals surface area (Å²) in [7, 11) is 1.78. The Morgan fingerprint density at radius 3 is 2.56 bits per heavy atom. The largest absolute Gasteiger partial charge is 0.343 e. The van der Waals surface area contributed by atoms with E-state index >= 15 is 0 Å². The van der Waals surface area contributed by atoms with Gasteiger partial charge in [0.15, 0.2) is 5.82 Å². The number of aromatic nitrogens is 4. The highest BCUT2D eigenvalue weighted by Crippen LogP contribution is 2.33. The van der Waals surface area contributed by atoms with Crippen molar-refractivity contribution < 1.29 is 9.59 Å². The molecular formula is C25H37N7O2. The molecule has 34 heavy (non-hydrogen) atoms. The van der Waals surface area contributed by atoms with E-state index in [2.05, 4.69) is 26.0 Å². The van der Waals surface area contributed by atoms with Gasteiger partial charge in [-0.25, -0.2) is 0 Å². The van der Waals surface area contributed by atoms with Gasteiger partial charge in [-0.2, -0.15) is 4.80 Å². The Bertz CT molecular complexity index is 938. The fraction of sp³-hybridized carbons (Fsp3) is 0.640. The molecule has 0 radical (unpaired) electrons. The highest BCUT2D eigenvalue weighted by atomic mass is 16.2. The van der Waals surface area contributed by atoms with Gasteiger partial charge >= 0.3 is 0 Å². The van der Waals surface area contributed by atoms with E-state index in [1.807, 2.05) is 42.2 Å². The zero-order valence-corrected chi connectivity index (χ0v) is 20.3. The Balaban J connectivity index is 1.50. The van der Waals surface area contributed by atoms with Gasteiger partial charge < -0.3 is 15.5 Å². The molecule has 2 aliphatic rings. The van der Waals surface area contributed by atoms with Crippen LogP contribution in [0, 0.1) is 5.92 Å². The van der Waals surface area contributed by atoms with E-state index in [4.69, 9.17) is 0 Å². The van der Waals surface area contributed by atoms with Crippen molar-refractivity contribution in [1.82, 2.24) is 35.7 Å². The minimum atomic E-state index is -0.504. The average molecular weight is 468 g/mol. The smallest absolute Gasteiger partial charge is 0.246 e. The van der Waals surface area contributed by atoms with Gasteiger partial charge in [-0.3, -0.25) is 9.59 Å². The second-order valence-electron chi connectivity index (χ2n) is 9.49. The van der Waals surface area contributed by atoms with E-state index in [0.29, 0.717) is 25.3 Å². The van der Waals surface area contributed by atoms with E-state index in [1.54, 1.807) is 11.8 Å². The summed E-state index contributed by atoms with van der Waals surface area (Å²) in [5.41, 5.74) is 1.10. The van der Waals surface area contributed by atoms with Gasteiger partial charge in [0.1, 0.15) is 6.04 Å². The molecule has 1 aliphatic carbocycles. The maximum absolute atomic E-state index is 13.9. The number of amides is 2. The monoisotopic (exact) mass is 467 g/mol. The number of likely N-dealkylation sites (N-methyl/N-ethyl adjacent to an activating group) is 1. The van der Waals surface area contributed by atoms with Crippen molar-refractivity contribution in [3.63, 3.8) is 0 Å². The van der Waals surface area contributed by atoms with E-state index < -0.39 is 6.04 Å². The molecule has 2 amide bonds. The highest BCUT2D eigenvalue weighted by Gasteiger charge is 2.40. The van der Waals surface area contributed by atoms with Crippen molar-refractivity contribution in [1.29, 1.82) is 0 Å². The molecule has 184 valence electrons. The lowest BCUT2D eigenvalue weighted by Gasteiger charge is -2.35. The van der Waals surface area contributed by atoms with Crippen molar-refractivity contribution in [3.05, 3.63) is 41.7 Å². The summed E-state index contributed by atoms with van der Waals surface area (Å²) in [5.74, 6) is 0.643. The normalized spacial score (nSPS) is 20.8. The summed E-state index contributed by atoms with van der Waals surface area (Å²) in [6, 6.07) is 9.01. The van der Waals surface area contributed by atoms with Gasteiger partial charge in [-0.15, -0.1) is 10.2 Å². The van der Waals surface area contributed by atoms with Crippen LogP contribution in [0.4, 0.5) is 0 Å². The van der Waals surface area contributed by atoms with Crippen LogP contribution in [0.3, 0.4) is 0 Å². The molecule has 3 atom stereocenters. The lowest BCUT2D eigenvalue weighted by molar-refractivity contribution is -0.139. The third kappa shape index (κ3) is 5.63. The fourth-order valence-electron chi connectivity index (χ4n) is 5.30. The molecule has 0 bridgehead atoms. The zero-order chi connectivity index (χ0) is 23.9. The Morgan fingerprint density at radius 2 is 1.85 bits per heavy atom. The minimum Gasteiger partial charge on any atom is -0.343 e. The number of rotatable bonds is 9. The third-order valence-electron chi connectivity index (χ3n) is 7.23. The number of carbonyl (C=O) groups is 2. The minimum absolute atomic E-state index is 0.00637. The van der Waals surface area contributed by atoms with Crippen LogP contribution in [0.1, 0.15) is 75.7 Å². The summed E-state index contributed by atoms with van der Waals surface area (Å²) in [5, 5.41) is 19.3. The first-order chi connectivity index (χ1) is 16.6. The Morgan fingerprint density at radius 1 is 1.09 bits per heavy atom. The summed E-state index contributed by atoms with van der Waals surface area (Å²) >= 11 is 0. The summed E-state index contributed by atoms with van der Waals surface area (Å²) in [6.07, 6.45) is 7.72. The van der Waals surface area contributed by atoms with Gasteiger partial charge in [0.2, 0.25) is 11.8 Å². The Kier molecular flexibility index (Phi) is 8.26. The quantitative estimate of drug-likeness (QED) is 0.587. The number of likely N-dealkylation sites (tertiary alicyclic amines) is 1.